The number of anilines is 1. The Balaban J connectivity index is 2.15. The molecular formula is C13H15N3O5. The van der Waals surface area contributed by atoms with Crippen LogP contribution in [0, 0.1) is 16.0 Å². The van der Waals surface area contributed by atoms with Gasteiger partial charge in [-0.2, -0.15) is 0 Å². The lowest BCUT2D eigenvalue weighted by Gasteiger charge is -2.22. The number of rotatable bonds is 4. The minimum Gasteiger partial charge on any atom is -0.508 e. The maximum absolute atomic E-state index is 10.7. The number of nitrogens with zero attached hydrogens (tertiary/aromatic N) is 1. The standard InChI is InChI=1S/C13H15N3O5/c1-7-4-8(16(20)21)5-12(19)13(7)15-14-10-3-2-9(17)6-11(10)18/h2-3,5-7,14-15,17-19H,4H2,1H3. The van der Waals surface area contributed by atoms with Crippen molar-refractivity contribution in [2.75, 3.05) is 5.43 Å². The van der Waals surface area contributed by atoms with E-state index in [-0.39, 0.29) is 35.3 Å². The van der Waals surface area contributed by atoms with Crippen LogP contribution < -0.4 is 10.9 Å². The minimum absolute atomic E-state index is 0.0574. The molecule has 0 aliphatic heterocycles. The summed E-state index contributed by atoms with van der Waals surface area (Å²) in [5, 5.41) is 39.4. The lowest BCUT2D eigenvalue weighted by molar-refractivity contribution is -0.429. The normalized spacial score (nSPS) is 18.1. The molecule has 0 radical (unpaired) electrons. The van der Waals surface area contributed by atoms with Crippen LogP contribution in [0.25, 0.3) is 0 Å². The van der Waals surface area contributed by atoms with E-state index in [1.165, 1.54) is 12.1 Å². The van der Waals surface area contributed by atoms with Gasteiger partial charge in [0.15, 0.2) is 0 Å². The highest BCUT2D eigenvalue weighted by Crippen LogP contribution is 2.29. The zero-order valence-electron chi connectivity index (χ0n) is 11.2. The molecule has 0 saturated heterocycles. The molecule has 1 aliphatic rings. The van der Waals surface area contributed by atoms with E-state index in [4.69, 9.17) is 0 Å². The number of hydrogen-bond acceptors (Lipinski definition) is 7. The lowest BCUT2D eigenvalue weighted by atomic mass is 9.96. The van der Waals surface area contributed by atoms with Crippen molar-refractivity contribution < 1.29 is 20.2 Å². The van der Waals surface area contributed by atoms with Crippen LogP contribution in [-0.2, 0) is 0 Å². The lowest BCUT2D eigenvalue weighted by Crippen LogP contribution is -2.29. The number of benzene rings is 1. The fourth-order valence-electron chi connectivity index (χ4n) is 2.04. The van der Waals surface area contributed by atoms with Gasteiger partial charge in [0.05, 0.1) is 22.4 Å². The van der Waals surface area contributed by atoms with Gasteiger partial charge in [-0.05, 0) is 12.1 Å². The molecule has 112 valence electrons. The Morgan fingerprint density at radius 3 is 2.57 bits per heavy atom. The molecule has 1 aliphatic carbocycles. The third kappa shape index (κ3) is 3.16. The van der Waals surface area contributed by atoms with E-state index in [9.17, 15) is 25.4 Å². The zero-order chi connectivity index (χ0) is 15.6. The number of phenols is 2. The molecule has 0 amide bonds. The Morgan fingerprint density at radius 2 is 2.00 bits per heavy atom. The SMILES string of the molecule is CC1CC([N+](=O)[O-])=CC(O)=C1NNc1ccc(O)cc1O. The topological polar surface area (TPSA) is 128 Å². The highest BCUT2D eigenvalue weighted by Gasteiger charge is 2.26. The highest BCUT2D eigenvalue weighted by atomic mass is 16.6. The van der Waals surface area contributed by atoms with E-state index in [0.29, 0.717) is 11.4 Å². The summed E-state index contributed by atoms with van der Waals surface area (Å²) in [6, 6.07) is 3.99. The molecule has 0 fully saturated rings. The Bertz CT molecular complexity index is 639. The summed E-state index contributed by atoms with van der Waals surface area (Å²) in [5.74, 6) is -0.773. The van der Waals surface area contributed by atoms with E-state index < -0.39 is 4.92 Å². The second-order valence-corrected chi connectivity index (χ2v) is 4.75. The summed E-state index contributed by atoms with van der Waals surface area (Å²) in [4.78, 5) is 10.2. The van der Waals surface area contributed by atoms with E-state index in [2.05, 4.69) is 10.9 Å². The second kappa shape index (κ2) is 5.61. The van der Waals surface area contributed by atoms with Gasteiger partial charge in [0, 0.05) is 18.4 Å². The van der Waals surface area contributed by atoms with Gasteiger partial charge in [0.2, 0.25) is 0 Å². The molecule has 5 N–H and O–H groups in total. The van der Waals surface area contributed by atoms with Crippen LogP contribution in [0.3, 0.4) is 0 Å². The summed E-state index contributed by atoms with van der Waals surface area (Å²) < 4.78 is 0. The monoisotopic (exact) mass is 293 g/mol. The van der Waals surface area contributed by atoms with Gasteiger partial charge in [0.1, 0.15) is 17.3 Å². The van der Waals surface area contributed by atoms with Crippen LogP contribution in [0.15, 0.2) is 41.4 Å². The number of aromatic hydroxyl groups is 2. The van der Waals surface area contributed by atoms with Crippen molar-refractivity contribution in [2.24, 2.45) is 5.92 Å². The molecule has 2 rings (SSSR count). The number of hydrogen-bond donors (Lipinski definition) is 5. The highest BCUT2D eigenvalue weighted by molar-refractivity contribution is 5.57. The van der Waals surface area contributed by atoms with E-state index in [1.807, 2.05) is 0 Å². The summed E-state index contributed by atoms with van der Waals surface area (Å²) in [7, 11) is 0. The van der Waals surface area contributed by atoms with Gasteiger partial charge in [-0.25, -0.2) is 0 Å². The molecule has 0 saturated carbocycles. The molecule has 1 unspecified atom stereocenters. The van der Waals surface area contributed by atoms with Gasteiger partial charge < -0.3 is 20.7 Å². The average Bonchev–Trinajstić information content (AvgIpc) is 2.39. The molecule has 1 aromatic carbocycles. The predicted octanol–water partition coefficient (Wildman–Crippen LogP) is 1.98. The smallest absolute Gasteiger partial charge is 0.250 e. The van der Waals surface area contributed by atoms with Crippen molar-refractivity contribution in [3.05, 3.63) is 51.5 Å². The summed E-state index contributed by atoms with van der Waals surface area (Å²) >= 11 is 0. The first-order chi connectivity index (χ1) is 9.88. The molecule has 0 aromatic heterocycles. The number of phenolic OH excluding ortho intramolecular Hbond substituents is 2. The maximum atomic E-state index is 10.7. The number of nitro groups is 1. The van der Waals surface area contributed by atoms with Crippen molar-refractivity contribution in [3.8, 4) is 11.5 Å². The van der Waals surface area contributed by atoms with Crippen molar-refractivity contribution in [3.63, 3.8) is 0 Å². The molecule has 0 bridgehead atoms. The molecule has 0 spiro atoms. The Morgan fingerprint density at radius 1 is 1.29 bits per heavy atom. The fourth-order valence-corrected chi connectivity index (χ4v) is 2.04. The third-order valence-electron chi connectivity index (χ3n) is 3.14. The molecule has 1 atom stereocenters. The first kappa shape index (κ1) is 14.5. The summed E-state index contributed by atoms with van der Waals surface area (Å²) in [6.07, 6.45) is 1.28. The summed E-state index contributed by atoms with van der Waals surface area (Å²) in [5.41, 5.74) is 6.04. The first-order valence-electron chi connectivity index (χ1n) is 6.20. The van der Waals surface area contributed by atoms with Crippen LogP contribution in [0.1, 0.15) is 13.3 Å². The van der Waals surface area contributed by atoms with Crippen LogP contribution in [0.2, 0.25) is 0 Å². The van der Waals surface area contributed by atoms with Gasteiger partial charge in [-0.1, -0.05) is 6.92 Å². The van der Waals surface area contributed by atoms with Crippen molar-refractivity contribution >= 4 is 5.69 Å². The van der Waals surface area contributed by atoms with Crippen molar-refractivity contribution in [1.29, 1.82) is 0 Å². The number of aliphatic hydroxyl groups excluding tert-OH is 1. The largest absolute Gasteiger partial charge is 0.508 e. The van der Waals surface area contributed by atoms with E-state index in [0.717, 1.165) is 12.1 Å². The van der Waals surface area contributed by atoms with Crippen LogP contribution in [0.5, 0.6) is 11.5 Å². The Hall–Kier alpha value is -2.90. The molecule has 1 aromatic rings. The number of hydrazine groups is 1. The zero-order valence-corrected chi connectivity index (χ0v) is 11.2. The van der Waals surface area contributed by atoms with E-state index in [1.54, 1.807) is 6.92 Å². The average molecular weight is 293 g/mol. The quantitative estimate of drug-likeness (QED) is 0.248. The predicted molar refractivity (Wildman–Crippen MR) is 75.0 cm³/mol. The maximum Gasteiger partial charge on any atom is 0.250 e. The van der Waals surface area contributed by atoms with Crippen molar-refractivity contribution in [2.45, 2.75) is 13.3 Å². The molecule has 8 nitrogen and oxygen atoms in total. The molecule has 21 heavy (non-hydrogen) atoms. The number of nitrogens with one attached hydrogen (secondary N) is 2. The molecule has 0 heterocycles. The van der Waals surface area contributed by atoms with Crippen molar-refractivity contribution in [1.82, 2.24) is 5.43 Å². The van der Waals surface area contributed by atoms with E-state index >= 15 is 0 Å². The van der Waals surface area contributed by atoms with Gasteiger partial charge in [-0.3, -0.25) is 15.5 Å². The van der Waals surface area contributed by atoms with Gasteiger partial charge in [0.25, 0.3) is 5.70 Å². The van der Waals surface area contributed by atoms with Gasteiger partial charge >= 0.3 is 0 Å². The van der Waals surface area contributed by atoms with Crippen LogP contribution >= 0.6 is 0 Å². The van der Waals surface area contributed by atoms with Crippen LogP contribution in [0.4, 0.5) is 5.69 Å². The number of aliphatic hydroxyl groups is 1. The fraction of sp³-hybridized carbons (Fsp3) is 0.231. The Kier molecular flexibility index (Phi) is 3.88. The summed E-state index contributed by atoms with van der Waals surface area (Å²) in [6.45, 7) is 1.73. The van der Waals surface area contributed by atoms with Gasteiger partial charge in [-0.15, -0.1) is 0 Å². The Labute approximate surface area is 120 Å². The van der Waals surface area contributed by atoms with Crippen LogP contribution in [-0.4, -0.2) is 20.2 Å². The second-order valence-electron chi connectivity index (χ2n) is 4.75. The molecular weight excluding hydrogens is 278 g/mol. The third-order valence-corrected chi connectivity index (χ3v) is 3.14. The first-order valence-corrected chi connectivity index (χ1v) is 6.20. The number of allylic oxidation sites excluding steroid dienone is 3. The minimum atomic E-state index is -0.525. The molecule has 8 heteroatoms.